The molecule has 1 unspecified atom stereocenters. The molecule has 3 nitrogen and oxygen atoms in total. The SMILES string of the molecule is CCNC(C)c1cnc(N(C)c2ccc(C)cc2)s1. The van der Waals surface area contributed by atoms with Crippen molar-refractivity contribution in [1.29, 1.82) is 0 Å². The molecule has 0 aliphatic rings. The van der Waals surface area contributed by atoms with Gasteiger partial charge in [0.1, 0.15) is 0 Å². The molecule has 0 spiro atoms. The third kappa shape index (κ3) is 3.33. The van der Waals surface area contributed by atoms with Crippen molar-refractivity contribution in [3.63, 3.8) is 0 Å². The summed E-state index contributed by atoms with van der Waals surface area (Å²) in [6, 6.07) is 8.87. The molecule has 1 heterocycles. The Hall–Kier alpha value is -1.39. The highest BCUT2D eigenvalue weighted by Gasteiger charge is 2.12. The van der Waals surface area contributed by atoms with Gasteiger partial charge in [-0.2, -0.15) is 0 Å². The van der Waals surface area contributed by atoms with Gasteiger partial charge in [-0.1, -0.05) is 36.0 Å². The summed E-state index contributed by atoms with van der Waals surface area (Å²) in [7, 11) is 2.06. The van der Waals surface area contributed by atoms with Crippen molar-refractivity contribution in [3.05, 3.63) is 40.9 Å². The summed E-state index contributed by atoms with van der Waals surface area (Å²) in [4.78, 5) is 7.93. The molecule has 0 fully saturated rings. The number of nitrogens with zero attached hydrogens (tertiary/aromatic N) is 2. The minimum atomic E-state index is 0.364. The number of benzene rings is 1. The molecule has 4 heteroatoms. The van der Waals surface area contributed by atoms with E-state index in [9.17, 15) is 0 Å². The van der Waals surface area contributed by atoms with E-state index in [2.05, 4.69) is 67.3 Å². The molecule has 0 aliphatic carbocycles. The quantitative estimate of drug-likeness (QED) is 0.897. The van der Waals surface area contributed by atoms with Crippen LogP contribution in [-0.2, 0) is 0 Å². The van der Waals surface area contributed by atoms with Crippen LogP contribution in [0.1, 0.15) is 30.3 Å². The van der Waals surface area contributed by atoms with Crippen molar-refractivity contribution < 1.29 is 0 Å². The van der Waals surface area contributed by atoms with Crippen LogP contribution >= 0.6 is 11.3 Å². The van der Waals surface area contributed by atoms with Crippen LogP contribution in [0, 0.1) is 6.92 Å². The Morgan fingerprint density at radius 1 is 1.32 bits per heavy atom. The van der Waals surface area contributed by atoms with Crippen LogP contribution in [0.25, 0.3) is 0 Å². The normalized spacial score (nSPS) is 12.4. The molecule has 1 aromatic carbocycles. The summed E-state index contributed by atoms with van der Waals surface area (Å²) in [5.74, 6) is 0. The molecule has 0 saturated heterocycles. The first kappa shape index (κ1) is 14.0. The standard InChI is InChI=1S/C15H21N3S/c1-5-16-12(3)14-10-17-15(19-14)18(4)13-8-6-11(2)7-9-13/h6-10,12,16H,5H2,1-4H3. The van der Waals surface area contributed by atoms with Gasteiger partial charge in [0.15, 0.2) is 5.13 Å². The molecule has 0 radical (unpaired) electrons. The molecule has 2 aromatic rings. The van der Waals surface area contributed by atoms with Gasteiger partial charge in [-0.05, 0) is 32.5 Å². The third-order valence-corrected chi connectivity index (χ3v) is 4.41. The Labute approximate surface area is 119 Å². The molecule has 102 valence electrons. The zero-order valence-electron chi connectivity index (χ0n) is 12.0. The number of anilines is 2. The molecule has 0 amide bonds. The van der Waals surface area contributed by atoms with Gasteiger partial charge >= 0.3 is 0 Å². The summed E-state index contributed by atoms with van der Waals surface area (Å²) in [6.07, 6.45) is 1.97. The zero-order chi connectivity index (χ0) is 13.8. The zero-order valence-corrected chi connectivity index (χ0v) is 12.8. The first-order chi connectivity index (χ1) is 9.11. The van der Waals surface area contributed by atoms with E-state index in [0.717, 1.165) is 11.7 Å². The van der Waals surface area contributed by atoms with Crippen LogP contribution in [0.2, 0.25) is 0 Å². The molecule has 0 saturated carbocycles. The molecule has 1 atom stereocenters. The highest BCUT2D eigenvalue weighted by atomic mass is 32.1. The number of nitrogens with one attached hydrogen (secondary N) is 1. The van der Waals surface area contributed by atoms with E-state index in [1.807, 2.05) is 6.20 Å². The molecule has 2 rings (SSSR count). The van der Waals surface area contributed by atoms with E-state index in [1.54, 1.807) is 11.3 Å². The Morgan fingerprint density at radius 2 is 2.00 bits per heavy atom. The number of thiazole rings is 1. The Bertz CT molecular complexity index is 518. The van der Waals surface area contributed by atoms with Crippen LogP contribution in [-0.4, -0.2) is 18.6 Å². The Kier molecular flexibility index (Phi) is 4.56. The molecule has 0 aliphatic heterocycles. The second-order valence-electron chi connectivity index (χ2n) is 4.72. The predicted molar refractivity (Wildman–Crippen MR) is 83.4 cm³/mol. The number of hydrogen-bond acceptors (Lipinski definition) is 4. The van der Waals surface area contributed by atoms with Crippen LogP contribution < -0.4 is 10.2 Å². The maximum atomic E-state index is 4.52. The van der Waals surface area contributed by atoms with Crippen LogP contribution in [0.5, 0.6) is 0 Å². The minimum absolute atomic E-state index is 0.364. The van der Waals surface area contributed by atoms with Crippen LogP contribution in [0.3, 0.4) is 0 Å². The summed E-state index contributed by atoms with van der Waals surface area (Å²) in [5.41, 5.74) is 2.44. The lowest BCUT2D eigenvalue weighted by atomic mass is 10.2. The largest absolute Gasteiger partial charge is 0.321 e. The van der Waals surface area contributed by atoms with Crippen LogP contribution in [0.15, 0.2) is 30.5 Å². The highest BCUT2D eigenvalue weighted by Crippen LogP contribution is 2.30. The molecule has 19 heavy (non-hydrogen) atoms. The van der Waals surface area contributed by atoms with Gasteiger partial charge in [0, 0.05) is 29.9 Å². The van der Waals surface area contributed by atoms with Gasteiger partial charge in [-0.25, -0.2) is 4.98 Å². The van der Waals surface area contributed by atoms with Crippen molar-refractivity contribution in [2.75, 3.05) is 18.5 Å². The third-order valence-electron chi connectivity index (χ3n) is 3.16. The predicted octanol–water partition coefficient (Wildman–Crippen LogP) is 3.89. The molecule has 1 aromatic heterocycles. The van der Waals surface area contributed by atoms with E-state index in [0.29, 0.717) is 6.04 Å². The second kappa shape index (κ2) is 6.17. The lowest BCUT2D eigenvalue weighted by Gasteiger charge is -2.16. The summed E-state index contributed by atoms with van der Waals surface area (Å²) in [6.45, 7) is 7.37. The first-order valence-corrected chi connectivity index (χ1v) is 7.43. The van der Waals surface area contributed by atoms with Gasteiger partial charge in [0.05, 0.1) is 0 Å². The number of rotatable bonds is 5. The first-order valence-electron chi connectivity index (χ1n) is 6.61. The van der Waals surface area contributed by atoms with Crippen molar-refractivity contribution in [1.82, 2.24) is 10.3 Å². The summed E-state index contributed by atoms with van der Waals surface area (Å²) >= 11 is 1.74. The maximum absolute atomic E-state index is 4.52. The second-order valence-corrected chi connectivity index (χ2v) is 5.76. The smallest absolute Gasteiger partial charge is 0.189 e. The van der Waals surface area contributed by atoms with E-state index in [1.165, 1.54) is 16.1 Å². The van der Waals surface area contributed by atoms with Crippen molar-refractivity contribution in [2.24, 2.45) is 0 Å². The van der Waals surface area contributed by atoms with Crippen molar-refractivity contribution in [2.45, 2.75) is 26.8 Å². The van der Waals surface area contributed by atoms with Crippen LogP contribution in [0.4, 0.5) is 10.8 Å². The number of aromatic nitrogens is 1. The fourth-order valence-corrected chi connectivity index (χ4v) is 2.84. The maximum Gasteiger partial charge on any atom is 0.189 e. The average molecular weight is 275 g/mol. The molecular weight excluding hydrogens is 254 g/mol. The van der Waals surface area contributed by atoms with Gasteiger partial charge in [-0.3, -0.25) is 0 Å². The Morgan fingerprint density at radius 3 is 2.63 bits per heavy atom. The van der Waals surface area contributed by atoms with E-state index < -0.39 is 0 Å². The monoisotopic (exact) mass is 275 g/mol. The molecular formula is C15H21N3S. The number of hydrogen-bond donors (Lipinski definition) is 1. The lowest BCUT2D eigenvalue weighted by molar-refractivity contribution is 0.606. The average Bonchev–Trinajstić information content (AvgIpc) is 2.89. The highest BCUT2D eigenvalue weighted by molar-refractivity contribution is 7.15. The Balaban J connectivity index is 2.15. The van der Waals surface area contributed by atoms with E-state index >= 15 is 0 Å². The topological polar surface area (TPSA) is 28.2 Å². The molecule has 1 N–H and O–H groups in total. The van der Waals surface area contributed by atoms with Gasteiger partial charge in [-0.15, -0.1) is 0 Å². The van der Waals surface area contributed by atoms with E-state index in [-0.39, 0.29) is 0 Å². The molecule has 0 bridgehead atoms. The van der Waals surface area contributed by atoms with Gasteiger partial charge < -0.3 is 10.2 Å². The fourth-order valence-electron chi connectivity index (χ4n) is 1.92. The number of aryl methyl sites for hydroxylation is 1. The summed E-state index contributed by atoms with van der Waals surface area (Å²) < 4.78 is 0. The lowest BCUT2D eigenvalue weighted by Crippen LogP contribution is -2.16. The summed E-state index contributed by atoms with van der Waals surface area (Å²) in [5, 5.41) is 4.44. The van der Waals surface area contributed by atoms with Gasteiger partial charge in [0.25, 0.3) is 0 Å². The minimum Gasteiger partial charge on any atom is -0.321 e. The van der Waals surface area contributed by atoms with Gasteiger partial charge in [0.2, 0.25) is 0 Å². The van der Waals surface area contributed by atoms with Crippen molar-refractivity contribution in [3.8, 4) is 0 Å². The van der Waals surface area contributed by atoms with Crippen molar-refractivity contribution >= 4 is 22.2 Å². The van der Waals surface area contributed by atoms with E-state index in [4.69, 9.17) is 0 Å². The fraction of sp³-hybridized carbons (Fsp3) is 0.400.